The first-order valence-electron chi connectivity index (χ1n) is 10.3. The monoisotopic (exact) mass is 526 g/mol. The minimum atomic E-state index is -0.247. The number of aromatic nitrogens is 1. The van der Waals surface area contributed by atoms with Gasteiger partial charge in [-0.25, -0.2) is 4.99 Å². The van der Waals surface area contributed by atoms with Crippen LogP contribution in [0, 0.1) is 0 Å². The smallest absolute Gasteiger partial charge is 0.250 e. The third-order valence-corrected chi connectivity index (χ3v) is 4.16. The highest BCUT2D eigenvalue weighted by Crippen LogP contribution is 2.23. The van der Waals surface area contributed by atoms with Gasteiger partial charge in [0.05, 0.1) is 6.54 Å². The lowest BCUT2D eigenvalue weighted by atomic mass is 10.1. The van der Waals surface area contributed by atoms with Crippen LogP contribution in [0.3, 0.4) is 0 Å². The summed E-state index contributed by atoms with van der Waals surface area (Å²) in [6.07, 6.45) is 3.71. The lowest BCUT2D eigenvalue weighted by molar-refractivity contribution is 0.129. The molecule has 2 aromatic rings. The van der Waals surface area contributed by atoms with E-state index in [1.807, 2.05) is 57.3 Å². The number of hydrogen-bond donors (Lipinski definition) is 2. The summed E-state index contributed by atoms with van der Waals surface area (Å²) >= 11 is 0. The molecule has 0 aliphatic heterocycles. The van der Waals surface area contributed by atoms with E-state index < -0.39 is 0 Å². The first kappa shape index (κ1) is 26.0. The first-order valence-corrected chi connectivity index (χ1v) is 10.3. The van der Waals surface area contributed by atoms with Gasteiger partial charge in [0.15, 0.2) is 5.96 Å². The van der Waals surface area contributed by atoms with Crippen LogP contribution in [0.4, 0.5) is 0 Å². The molecule has 0 unspecified atom stereocenters. The molecule has 0 saturated heterocycles. The molecule has 0 amide bonds. The quantitative estimate of drug-likeness (QED) is 0.223. The molecule has 0 aliphatic carbocycles. The van der Waals surface area contributed by atoms with Crippen molar-refractivity contribution in [1.82, 2.24) is 15.2 Å². The predicted molar refractivity (Wildman–Crippen MR) is 135 cm³/mol. The van der Waals surface area contributed by atoms with Gasteiger partial charge in [-0.15, -0.1) is 24.0 Å². The summed E-state index contributed by atoms with van der Waals surface area (Å²) in [5.74, 6) is 1.66. The largest absolute Gasteiger partial charge is 0.488 e. The van der Waals surface area contributed by atoms with Crippen molar-refractivity contribution in [2.45, 2.75) is 59.2 Å². The average molecular weight is 526 g/mol. The average Bonchev–Trinajstić information content (AvgIpc) is 2.67. The maximum absolute atomic E-state index is 11.7. The Bertz CT molecular complexity index is 843. The first-order chi connectivity index (χ1) is 13.9. The number of pyridine rings is 1. The maximum Gasteiger partial charge on any atom is 0.250 e. The lowest BCUT2D eigenvalue weighted by Gasteiger charge is -2.23. The molecule has 2 N–H and O–H groups in total. The van der Waals surface area contributed by atoms with Crippen molar-refractivity contribution in [3.63, 3.8) is 0 Å². The molecule has 0 bridgehead atoms. The van der Waals surface area contributed by atoms with Gasteiger partial charge in [0, 0.05) is 37.5 Å². The maximum atomic E-state index is 11.7. The molecule has 1 aromatic heterocycles. The summed E-state index contributed by atoms with van der Waals surface area (Å²) in [5, 5.41) is 6.65. The molecule has 30 heavy (non-hydrogen) atoms. The summed E-state index contributed by atoms with van der Waals surface area (Å²) in [7, 11) is 0. The molecule has 0 fully saturated rings. The highest BCUT2D eigenvalue weighted by molar-refractivity contribution is 14.0. The van der Waals surface area contributed by atoms with Crippen molar-refractivity contribution < 1.29 is 4.74 Å². The molecule has 0 aliphatic rings. The number of rotatable bonds is 9. The fourth-order valence-corrected chi connectivity index (χ4v) is 2.83. The van der Waals surface area contributed by atoms with Crippen molar-refractivity contribution in [3.05, 3.63) is 64.6 Å². The van der Waals surface area contributed by atoms with Crippen LogP contribution in [0.5, 0.6) is 5.75 Å². The predicted octanol–water partition coefficient (Wildman–Crippen LogP) is 4.18. The zero-order valence-electron chi connectivity index (χ0n) is 18.5. The zero-order chi connectivity index (χ0) is 21.1. The van der Waals surface area contributed by atoms with E-state index in [1.165, 1.54) is 0 Å². The second kappa shape index (κ2) is 13.3. The number of halogens is 1. The van der Waals surface area contributed by atoms with Crippen molar-refractivity contribution >= 4 is 29.9 Å². The Morgan fingerprint density at radius 2 is 1.80 bits per heavy atom. The van der Waals surface area contributed by atoms with Crippen LogP contribution < -0.4 is 20.9 Å². The Morgan fingerprint density at radius 1 is 1.07 bits per heavy atom. The summed E-state index contributed by atoms with van der Waals surface area (Å²) in [6, 6.07) is 13.3. The third-order valence-electron chi connectivity index (χ3n) is 4.16. The van der Waals surface area contributed by atoms with Gasteiger partial charge < -0.3 is 19.9 Å². The van der Waals surface area contributed by atoms with Crippen LogP contribution in [0.15, 0.2) is 58.4 Å². The Hall–Kier alpha value is -2.03. The Morgan fingerprint density at radius 3 is 2.50 bits per heavy atom. The number of benzene rings is 1. The second-order valence-electron chi connectivity index (χ2n) is 7.88. The highest BCUT2D eigenvalue weighted by atomic mass is 127. The van der Waals surface area contributed by atoms with Gasteiger partial charge in [0.2, 0.25) is 5.56 Å². The third kappa shape index (κ3) is 9.65. The SMILES string of the molecule is CCNC(=NCc1ccccc1OC(C)(C)C)NCCCCn1ccccc1=O.I. The summed E-state index contributed by atoms with van der Waals surface area (Å²) in [6.45, 7) is 11.1. The van der Waals surface area contributed by atoms with Gasteiger partial charge in [-0.05, 0) is 52.7 Å². The van der Waals surface area contributed by atoms with Gasteiger partial charge in [-0.3, -0.25) is 4.79 Å². The molecule has 1 heterocycles. The number of para-hydroxylation sites is 1. The van der Waals surface area contributed by atoms with Crippen molar-refractivity contribution in [2.24, 2.45) is 4.99 Å². The minimum absolute atomic E-state index is 0. The fraction of sp³-hybridized carbons (Fsp3) is 0.478. The van der Waals surface area contributed by atoms with E-state index in [0.29, 0.717) is 6.54 Å². The van der Waals surface area contributed by atoms with E-state index in [4.69, 9.17) is 9.73 Å². The lowest BCUT2D eigenvalue weighted by Crippen LogP contribution is -2.37. The number of nitrogens with one attached hydrogen (secondary N) is 2. The normalized spacial score (nSPS) is 11.5. The highest BCUT2D eigenvalue weighted by Gasteiger charge is 2.14. The van der Waals surface area contributed by atoms with E-state index in [9.17, 15) is 4.79 Å². The summed E-state index contributed by atoms with van der Waals surface area (Å²) in [4.78, 5) is 16.4. The van der Waals surface area contributed by atoms with Gasteiger partial charge in [0.25, 0.3) is 0 Å². The fourth-order valence-electron chi connectivity index (χ4n) is 2.83. The minimum Gasteiger partial charge on any atom is -0.488 e. The number of unbranched alkanes of at least 4 members (excludes halogenated alkanes) is 1. The van der Waals surface area contributed by atoms with Crippen LogP contribution in [-0.4, -0.2) is 29.2 Å². The number of guanidine groups is 1. The molecular weight excluding hydrogens is 491 g/mol. The van der Waals surface area contributed by atoms with Crippen molar-refractivity contribution in [2.75, 3.05) is 13.1 Å². The molecule has 0 saturated carbocycles. The Labute approximate surface area is 197 Å². The number of aliphatic imine (C=N–C) groups is 1. The van der Waals surface area contributed by atoms with Crippen LogP contribution in [0.1, 0.15) is 46.1 Å². The van der Waals surface area contributed by atoms with E-state index >= 15 is 0 Å². The van der Waals surface area contributed by atoms with Crippen LogP contribution in [0.25, 0.3) is 0 Å². The van der Waals surface area contributed by atoms with E-state index in [-0.39, 0.29) is 35.1 Å². The van der Waals surface area contributed by atoms with Gasteiger partial charge in [-0.2, -0.15) is 0 Å². The van der Waals surface area contributed by atoms with Gasteiger partial charge in [0.1, 0.15) is 11.4 Å². The number of hydrogen-bond acceptors (Lipinski definition) is 3. The number of ether oxygens (including phenoxy) is 1. The van der Waals surface area contributed by atoms with Crippen LogP contribution in [-0.2, 0) is 13.1 Å². The van der Waals surface area contributed by atoms with Crippen molar-refractivity contribution in [3.8, 4) is 5.75 Å². The Balaban J connectivity index is 0.00000450. The Kier molecular flexibility index (Phi) is 11.5. The van der Waals surface area contributed by atoms with E-state index in [2.05, 4.69) is 17.6 Å². The zero-order valence-corrected chi connectivity index (χ0v) is 20.8. The van der Waals surface area contributed by atoms with E-state index in [1.54, 1.807) is 16.7 Å². The van der Waals surface area contributed by atoms with Crippen LogP contribution >= 0.6 is 24.0 Å². The molecule has 0 atom stereocenters. The van der Waals surface area contributed by atoms with E-state index in [0.717, 1.165) is 49.7 Å². The standard InChI is InChI=1S/C23H34N4O2.HI/c1-5-24-22(25-15-9-11-17-27-16-10-8-14-21(27)28)26-18-19-12-6-7-13-20(19)29-23(2,3)4;/h6-8,10,12-14,16H,5,9,11,15,17-18H2,1-4H3,(H2,24,25,26);1H. The molecular formula is C23H35IN4O2. The molecule has 7 heteroatoms. The van der Waals surface area contributed by atoms with Gasteiger partial charge in [-0.1, -0.05) is 24.3 Å². The van der Waals surface area contributed by atoms with Crippen LogP contribution in [0.2, 0.25) is 0 Å². The van der Waals surface area contributed by atoms with Crippen molar-refractivity contribution in [1.29, 1.82) is 0 Å². The molecule has 2 rings (SSSR count). The molecule has 1 aromatic carbocycles. The summed E-state index contributed by atoms with van der Waals surface area (Å²) in [5.41, 5.74) is 0.859. The number of aryl methyl sites for hydroxylation is 1. The molecule has 0 spiro atoms. The topological polar surface area (TPSA) is 67.7 Å². The second-order valence-corrected chi connectivity index (χ2v) is 7.88. The molecule has 0 radical (unpaired) electrons. The van der Waals surface area contributed by atoms with Gasteiger partial charge >= 0.3 is 0 Å². The molecule has 166 valence electrons. The number of nitrogens with zero attached hydrogens (tertiary/aromatic N) is 2. The summed E-state index contributed by atoms with van der Waals surface area (Å²) < 4.78 is 7.79. The molecule has 6 nitrogen and oxygen atoms in total.